The SMILES string of the molecule is CCCc1ccc(C(=O)CSc2ncnn2C)cc1. The van der Waals surface area contributed by atoms with Gasteiger partial charge in [-0.2, -0.15) is 5.10 Å². The van der Waals surface area contributed by atoms with Gasteiger partial charge in [0.15, 0.2) is 10.9 Å². The van der Waals surface area contributed by atoms with E-state index in [4.69, 9.17) is 0 Å². The van der Waals surface area contributed by atoms with E-state index in [1.54, 1.807) is 4.68 Å². The average Bonchev–Trinajstić information content (AvgIpc) is 2.83. The molecule has 0 fully saturated rings. The van der Waals surface area contributed by atoms with Crippen molar-refractivity contribution in [2.24, 2.45) is 7.05 Å². The normalized spacial score (nSPS) is 10.6. The Morgan fingerprint density at radius 2 is 2.05 bits per heavy atom. The van der Waals surface area contributed by atoms with Gasteiger partial charge in [0.1, 0.15) is 6.33 Å². The second kappa shape index (κ2) is 6.52. The van der Waals surface area contributed by atoms with Crippen molar-refractivity contribution < 1.29 is 4.79 Å². The van der Waals surface area contributed by atoms with E-state index in [-0.39, 0.29) is 5.78 Å². The minimum absolute atomic E-state index is 0.121. The van der Waals surface area contributed by atoms with E-state index in [1.807, 2.05) is 31.3 Å². The number of carbonyl (C=O) groups is 1. The number of ketones is 1. The highest BCUT2D eigenvalue weighted by Crippen LogP contribution is 2.16. The Balaban J connectivity index is 1.94. The largest absolute Gasteiger partial charge is 0.293 e. The molecule has 0 aliphatic heterocycles. The second-order valence-corrected chi connectivity index (χ2v) is 5.27. The molecule has 0 N–H and O–H groups in total. The Hall–Kier alpha value is -1.62. The van der Waals surface area contributed by atoms with Crippen molar-refractivity contribution in [2.75, 3.05) is 5.75 Å². The van der Waals surface area contributed by atoms with Crippen LogP contribution in [0.3, 0.4) is 0 Å². The lowest BCUT2D eigenvalue weighted by Gasteiger charge is -2.03. The summed E-state index contributed by atoms with van der Waals surface area (Å²) in [5.74, 6) is 0.510. The van der Waals surface area contributed by atoms with E-state index in [0.717, 1.165) is 23.6 Å². The number of aromatic nitrogens is 3. The predicted octanol–water partition coefficient (Wildman–Crippen LogP) is 2.74. The zero-order valence-corrected chi connectivity index (χ0v) is 12.0. The number of rotatable bonds is 6. The van der Waals surface area contributed by atoms with E-state index < -0.39 is 0 Å². The van der Waals surface area contributed by atoms with Gasteiger partial charge in [0.25, 0.3) is 0 Å². The second-order valence-electron chi connectivity index (χ2n) is 4.32. The quantitative estimate of drug-likeness (QED) is 0.601. The van der Waals surface area contributed by atoms with Crippen molar-refractivity contribution in [3.05, 3.63) is 41.7 Å². The van der Waals surface area contributed by atoms with Crippen LogP contribution in [0.2, 0.25) is 0 Å². The van der Waals surface area contributed by atoms with Crippen molar-refractivity contribution in [2.45, 2.75) is 24.9 Å². The fourth-order valence-electron chi connectivity index (χ4n) is 1.78. The standard InChI is InChI=1S/C14H17N3OS/c1-3-4-11-5-7-12(8-6-11)13(18)9-19-14-15-10-16-17(14)2/h5-8,10H,3-4,9H2,1-2H3. The first-order valence-electron chi connectivity index (χ1n) is 6.29. The lowest BCUT2D eigenvalue weighted by molar-refractivity contribution is 0.102. The Morgan fingerprint density at radius 1 is 1.32 bits per heavy atom. The molecule has 1 aromatic heterocycles. The maximum Gasteiger partial charge on any atom is 0.186 e. The van der Waals surface area contributed by atoms with Crippen LogP contribution in [0.15, 0.2) is 35.7 Å². The Kier molecular flexibility index (Phi) is 4.74. The topological polar surface area (TPSA) is 47.8 Å². The van der Waals surface area contributed by atoms with Gasteiger partial charge in [-0.3, -0.25) is 4.79 Å². The van der Waals surface area contributed by atoms with Gasteiger partial charge in [0.05, 0.1) is 5.75 Å². The Labute approximate surface area is 117 Å². The molecule has 0 bridgehead atoms. The summed E-state index contributed by atoms with van der Waals surface area (Å²) in [6, 6.07) is 7.88. The summed E-state index contributed by atoms with van der Waals surface area (Å²) in [5, 5.41) is 4.73. The van der Waals surface area contributed by atoms with Gasteiger partial charge < -0.3 is 0 Å². The van der Waals surface area contributed by atoms with Crippen LogP contribution in [-0.4, -0.2) is 26.3 Å². The van der Waals surface area contributed by atoms with E-state index in [2.05, 4.69) is 17.0 Å². The molecule has 0 aliphatic rings. The molecule has 4 nitrogen and oxygen atoms in total. The highest BCUT2D eigenvalue weighted by atomic mass is 32.2. The van der Waals surface area contributed by atoms with Crippen LogP contribution in [0, 0.1) is 0 Å². The molecule has 0 amide bonds. The summed E-state index contributed by atoms with van der Waals surface area (Å²) in [6.07, 6.45) is 3.67. The highest BCUT2D eigenvalue weighted by molar-refractivity contribution is 7.99. The number of carbonyl (C=O) groups excluding carboxylic acids is 1. The van der Waals surface area contributed by atoms with Crippen molar-refractivity contribution in [3.8, 4) is 0 Å². The fourth-order valence-corrected chi connectivity index (χ4v) is 2.56. The molecule has 0 aliphatic carbocycles. The van der Waals surface area contributed by atoms with Crippen molar-refractivity contribution in [3.63, 3.8) is 0 Å². The zero-order chi connectivity index (χ0) is 13.7. The number of hydrogen-bond acceptors (Lipinski definition) is 4. The number of hydrogen-bond donors (Lipinski definition) is 0. The van der Waals surface area contributed by atoms with Gasteiger partial charge in [-0.25, -0.2) is 9.67 Å². The van der Waals surface area contributed by atoms with Crippen LogP contribution in [0.25, 0.3) is 0 Å². The van der Waals surface area contributed by atoms with Crippen molar-refractivity contribution >= 4 is 17.5 Å². The molecular formula is C14H17N3OS. The molecule has 1 heterocycles. The molecule has 0 unspecified atom stereocenters. The molecule has 1 aromatic carbocycles. The van der Waals surface area contributed by atoms with E-state index in [9.17, 15) is 4.79 Å². The fraction of sp³-hybridized carbons (Fsp3) is 0.357. The van der Waals surface area contributed by atoms with E-state index >= 15 is 0 Å². The molecule has 5 heteroatoms. The molecule has 2 aromatic rings. The lowest BCUT2D eigenvalue weighted by Crippen LogP contribution is -2.04. The Morgan fingerprint density at radius 3 is 2.63 bits per heavy atom. The molecule has 0 atom stereocenters. The molecule has 2 rings (SSSR count). The number of nitrogens with zero attached hydrogens (tertiary/aromatic N) is 3. The third-order valence-corrected chi connectivity index (χ3v) is 3.85. The third kappa shape index (κ3) is 3.67. The van der Waals surface area contributed by atoms with Crippen molar-refractivity contribution in [1.82, 2.24) is 14.8 Å². The van der Waals surface area contributed by atoms with Gasteiger partial charge in [0.2, 0.25) is 0 Å². The third-order valence-electron chi connectivity index (χ3n) is 2.82. The maximum atomic E-state index is 12.0. The van der Waals surface area contributed by atoms with Gasteiger partial charge in [-0.05, 0) is 12.0 Å². The van der Waals surface area contributed by atoms with Gasteiger partial charge in [-0.1, -0.05) is 49.4 Å². The summed E-state index contributed by atoms with van der Waals surface area (Å²) < 4.78 is 1.67. The average molecular weight is 275 g/mol. The minimum Gasteiger partial charge on any atom is -0.293 e. The summed E-state index contributed by atoms with van der Waals surface area (Å²) in [4.78, 5) is 16.1. The zero-order valence-electron chi connectivity index (χ0n) is 11.2. The van der Waals surface area contributed by atoms with Crippen LogP contribution in [-0.2, 0) is 13.5 Å². The first kappa shape index (κ1) is 13.8. The van der Waals surface area contributed by atoms with Crippen molar-refractivity contribution in [1.29, 1.82) is 0 Å². The van der Waals surface area contributed by atoms with Gasteiger partial charge >= 0.3 is 0 Å². The highest BCUT2D eigenvalue weighted by Gasteiger charge is 2.09. The van der Waals surface area contributed by atoms with Crippen LogP contribution in [0.1, 0.15) is 29.3 Å². The van der Waals surface area contributed by atoms with Gasteiger partial charge in [-0.15, -0.1) is 0 Å². The number of aryl methyl sites for hydroxylation is 2. The molecular weight excluding hydrogens is 258 g/mol. The van der Waals surface area contributed by atoms with E-state index in [1.165, 1.54) is 23.7 Å². The number of Topliss-reactive ketones (excluding diaryl/α,β-unsaturated/α-hetero) is 1. The maximum absolute atomic E-state index is 12.0. The summed E-state index contributed by atoms with van der Waals surface area (Å²) in [6.45, 7) is 2.15. The summed E-state index contributed by atoms with van der Waals surface area (Å²) in [7, 11) is 1.82. The smallest absolute Gasteiger partial charge is 0.186 e. The molecule has 0 saturated heterocycles. The lowest BCUT2D eigenvalue weighted by atomic mass is 10.1. The molecule has 19 heavy (non-hydrogen) atoms. The molecule has 0 spiro atoms. The first-order chi connectivity index (χ1) is 9.20. The monoisotopic (exact) mass is 275 g/mol. The minimum atomic E-state index is 0.121. The first-order valence-corrected chi connectivity index (χ1v) is 7.28. The van der Waals surface area contributed by atoms with Crippen LogP contribution in [0.4, 0.5) is 0 Å². The summed E-state index contributed by atoms with van der Waals surface area (Å²) >= 11 is 1.41. The van der Waals surface area contributed by atoms with E-state index in [0.29, 0.717) is 5.75 Å². The van der Waals surface area contributed by atoms with Crippen LogP contribution >= 0.6 is 11.8 Å². The molecule has 100 valence electrons. The molecule has 0 saturated carbocycles. The summed E-state index contributed by atoms with van der Waals surface area (Å²) in [5.41, 5.74) is 2.04. The predicted molar refractivity (Wildman–Crippen MR) is 76.5 cm³/mol. The number of benzene rings is 1. The number of thioether (sulfide) groups is 1. The van der Waals surface area contributed by atoms with Gasteiger partial charge in [0, 0.05) is 12.6 Å². The molecule has 0 radical (unpaired) electrons. The van der Waals surface area contributed by atoms with Crippen LogP contribution < -0.4 is 0 Å². The van der Waals surface area contributed by atoms with Crippen LogP contribution in [0.5, 0.6) is 0 Å². The Bertz CT molecular complexity index is 548.